The van der Waals surface area contributed by atoms with E-state index in [0.29, 0.717) is 6.42 Å². The quantitative estimate of drug-likeness (QED) is 0.776. The van der Waals surface area contributed by atoms with Crippen molar-refractivity contribution < 1.29 is 19.1 Å². The number of halogens is 1. The summed E-state index contributed by atoms with van der Waals surface area (Å²) in [6, 6.07) is 2.86. The van der Waals surface area contributed by atoms with E-state index in [0.717, 1.165) is 37.6 Å². The van der Waals surface area contributed by atoms with Gasteiger partial charge in [0.1, 0.15) is 5.82 Å². The van der Waals surface area contributed by atoms with Gasteiger partial charge in [-0.3, -0.25) is 4.79 Å². The molecule has 102 valence electrons. The topological polar surface area (TPSA) is 78.4 Å². The molecule has 0 saturated carbocycles. The van der Waals surface area contributed by atoms with Crippen molar-refractivity contribution >= 4 is 17.6 Å². The van der Waals surface area contributed by atoms with Crippen molar-refractivity contribution in [3.8, 4) is 0 Å². The number of nitrogens with one attached hydrogen (secondary N) is 2. The Hall–Kier alpha value is -1.95. The minimum Gasteiger partial charge on any atom is -0.478 e. The highest BCUT2D eigenvalue weighted by atomic mass is 19.1. The van der Waals surface area contributed by atoms with Gasteiger partial charge in [-0.15, -0.1) is 0 Å². The van der Waals surface area contributed by atoms with Crippen LogP contribution in [0.15, 0.2) is 18.2 Å². The summed E-state index contributed by atoms with van der Waals surface area (Å²) < 4.78 is 13.1. The SMILES string of the molecule is O=C(O)c1ccc(F)cc1NC(=O)[C@H]1CCCCN1. The number of carboxylic acid groups (broad SMARTS) is 1. The predicted molar refractivity (Wildman–Crippen MR) is 67.6 cm³/mol. The van der Waals surface area contributed by atoms with Gasteiger partial charge < -0.3 is 15.7 Å². The molecule has 1 aromatic carbocycles. The molecule has 1 aliphatic rings. The molecule has 0 bridgehead atoms. The second kappa shape index (κ2) is 5.79. The number of amides is 1. The first kappa shape index (κ1) is 13.5. The monoisotopic (exact) mass is 266 g/mol. The first-order valence-corrected chi connectivity index (χ1v) is 6.15. The number of hydrogen-bond acceptors (Lipinski definition) is 3. The Morgan fingerprint density at radius 2 is 2.16 bits per heavy atom. The van der Waals surface area contributed by atoms with Gasteiger partial charge in [0.2, 0.25) is 5.91 Å². The predicted octanol–water partition coefficient (Wildman–Crippen LogP) is 1.60. The number of benzene rings is 1. The number of piperidine rings is 1. The Kier molecular flexibility index (Phi) is 4.11. The van der Waals surface area contributed by atoms with Gasteiger partial charge in [-0.2, -0.15) is 0 Å². The molecule has 1 saturated heterocycles. The zero-order valence-electron chi connectivity index (χ0n) is 10.3. The van der Waals surface area contributed by atoms with Crippen molar-refractivity contribution in [2.45, 2.75) is 25.3 Å². The van der Waals surface area contributed by atoms with E-state index < -0.39 is 11.8 Å². The largest absolute Gasteiger partial charge is 0.478 e. The number of hydrogen-bond donors (Lipinski definition) is 3. The lowest BCUT2D eigenvalue weighted by molar-refractivity contribution is -0.118. The van der Waals surface area contributed by atoms with E-state index in [4.69, 9.17) is 5.11 Å². The minimum atomic E-state index is -1.20. The maximum atomic E-state index is 13.1. The van der Waals surface area contributed by atoms with Gasteiger partial charge >= 0.3 is 5.97 Å². The van der Waals surface area contributed by atoms with E-state index in [1.807, 2.05) is 0 Å². The summed E-state index contributed by atoms with van der Waals surface area (Å²) in [7, 11) is 0. The molecule has 19 heavy (non-hydrogen) atoms. The maximum absolute atomic E-state index is 13.1. The second-order valence-electron chi connectivity index (χ2n) is 4.49. The van der Waals surface area contributed by atoms with Crippen LogP contribution in [-0.4, -0.2) is 29.6 Å². The summed E-state index contributed by atoms with van der Waals surface area (Å²) in [5.41, 5.74) is -0.129. The van der Waals surface area contributed by atoms with Crippen LogP contribution in [0.1, 0.15) is 29.6 Å². The van der Waals surface area contributed by atoms with Gasteiger partial charge in [-0.25, -0.2) is 9.18 Å². The van der Waals surface area contributed by atoms with Crippen LogP contribution in [0.4, 0.5) is 10.1 Å². The number of carbonyl (C=O) groups excluding carboxylic acids is 1. The van der Waals surface area contributed by atoms with Crippen LogP contribution in [0, 0.1) is 5.82 Å². The van der Waals surface area contributed by atoms with E-state index in [9.17, 15) is 14.0 Å². The summed E-state index contributed by atoms with van der Waals surface area (Å²) in [6.45, 7) is 0.757. The number of carbonyl (C=O) groups is 2. The maximum Gasteiger partial charge on any atom is 0.337 e. The fourth-order valence-corrected chi connectivity index (χ4v) is 2.10. The highest BCUT2D eigenvalue weighted by molar-refractivity contribution is 6.02. The van der Waals surface area contributed by atoms with Crippen molar-refractivity contribution in [3.05, 3.63) is 29.6 Å². The molecule has 1 fully saturated rings. The van der Waals surface area contributed by atoms with Crippen LogP contribution in [0.2, 0.25) is 0 Å². The molecule has 1 aliphatic heterocycles. The summed E-state index contributed by atoms with van der Waals surface area (Å²) in [5.74, 6) is -2.11. The van der Waals surface area contributed by atoms with Crippen LogP contribution in [0.3, 0.4) is 0 Å². The second-order valence-corrected chi connectivity index (χ2v) is 4.49. The zero-order valence-corrected chi connectivity index (χ0v) is 10.3. The first-order valence-electron chi connectivity index (χ1n) is 6.15. The van der Waals surface area contributed by atoms with Crippen molar-refractivity contribution in [1.29, 1.82) is 0 Å². The van der Waals surface area contributed by atoms with E-state index in [1.165, 1.54) is 0 Å². The Bertz CT molecular complexity index is 499. The Labute approximate surface area is 109 Å². The normalized spacial score (nSPS) is 18.9. The van der Waals surface area contributed by atoms with E-state index in [-0.39, 0.29) is 23.2 Å². The van der Waals surface area contributed by atoms with Crippen LogP contribution in [-0.2, 0) is 4.79 Å². The Balaban J connectivity index is 2.15. The van der Waals surface area contributed by atoms with Crippen LogP contribution >= 0.6 is 0 Å². The van der Waals surface area contributed by atoms with Gasteiger partial charge in [0, 0.05) is 0 Å². The summed E-state index contributed by atoms with van der Waals surface area (Å²) in [6.07, 6.45) is 2.66. The number of aromatic carboxylic acids is 1. The van der Waals surface area contributed by atoms with Crippen LogP contribution in [0.5, 0.6) is 0 Å². The molecule has 5 nitrogen and oxygen atoms in total. The fourth-order valence-electron chi connectivity index (χ4n) is 2.10. The van der Waals surface area contributed by atoms with Gasteiger partial charge in [0.05, 0.1) is 17.3 Å². The van der Waals surface area contributed by atoms with Crippen molar-refractivity contribution in [3.63, 3.8) is 0 Å². The minimum absolute atomic E-state index is 0.00938. The molecule has 2 rings (SSSR count). The fraction of sp³-hybridized carbons (Fsp3) is 0.385. The average molecular weight is 266 g/mol. The molecule has 0 unspecified atom stereocenters. The first-order chi connectivity index (χ1) is 9.08. The van der Waals surface area contributed by atoms with Gasteiger partial charge in [0.15, 0.2) is 0 Å². The van der Waals surface area contributed by atoms with Crippen molar-refractivity contribution in [2.24, 2.45) is 0 Å². The number of carboxylic acids is 1. The third-order valence-electron chi connectivity index (χ3n) is 3.10. The molecule has 6 heteroatoms. The highest BCUT2D eigenvalue weighted by Gasteiger charge is 2.22. The van der Waals surface area contributed by atoms with Crippen LogP contribution in [0.25, 0.3) is 0 Å². The molecule has 0 radical (unpaired) electrons. The van der Waals surface area contributed by atoms with Gasteiger partial charge in [0.25, 0.3) is 0 Å². The highest BCUT2D eigenvalue weighted by Crippen LogP contribution is 2.18. The molecular weight excluding hydrogens is 251 g/mol. The molecular formula is C13H15FN2O3. The number of anilines is 1. The molecule has 3 N–H and O–H groups in total. The molecule has 1 aromatic rings. The number of rotatable bonds is 3. The van der Waals surface area contributed by atoms with Gasteiger partial charge in [-0.05, 0) is 37.6 Å². The van der Waals surface area contributed by atoms with Gasteiger partial charge in [-0.1, -0.05) is 6.42 Å². The molecule has 1 atom stereocenters. The smallest absolute Gasteiger partial charge is 0.337 e. The van der Waals surface area contributed by atoms with Crippen molar-refractivity contribution in [2.75, 3.05) is 11.9 Å². The molecule has 0 aromatic heterocycles. The molecule has 0 aliphatic carbocycles. The summed E-state index contributed by atoms with van der Waals surface area (Å²) >= 11 is 0. The van der Waals surface area contributed by atoms with Crippen molar-refractivity contribution in [1.82, 2.24) is 5.32 Å². The lowest BCUT2D eigenvalue weighted by Gasteiger charge is -2.22. The summed E-state index contributed by atoms with van der Waals surface area (Å²) in [5, 5.41) is 14.5. The van der Waals surface area contributed by atoms with Crippen LogP contribution < -0.4 is 10.6 Å². The third-order valence-corrected chi connectivity index (χ3v) is 3.10. The Morgan fingerprint density at radius 3 is 2.79 bits per heavy atom. The third kappa shape index (κ3) is 3.29. The molecule has 1 amide bonds. The zero-order chi connectivity index (χ0) is 13.8. The van der Waals surface area contributed by atoms with E-state index in [1.54, 1.807) is 0 Å². The molecule has 1 heterocycles. The lowest BCUT2D eigenvalue weighted by atomic mass is 10.0. The average Bonchev–Trinajstić information content (AvgIpc) is 2.39. The standard InChI is InChI=1S/C13H15FN2O3/c14-8-4-5-9(13(18)19)11(7-8)16-12(17)10-3-1-2-6-15-10/h4-5,7,10,15H,1-3,6H2,(H,16,17)(H,18,19)/t10-/m1/s1. The van der Waals surface area contributed by atoms with E-state index in [2.05, 4.69) is 10.6 Å². The summed E-state index contributed by atoms with van der Waals surface area (Å²) in [4.78, 5) is 23.0. The van der Waals surface area contributed by atoms with E-state index >= 15 is 0 Å². The Morgan fingerprint density at radius 1 is 1.37 bits per heavy atom. The molecule has 0 spiro atoms. The lowest BCUT2D eigenvalue weighted by Crippen LogP contribution is -2.43.